The van der Waals surface area contributed by atoms with Crippen molar-refractivity contribution < 1.29 is 25.2 Å². The van der Waals surface area contributed by atoms with E-state index in [1.54, 1.807) is 0 Å². The van der Waals surface area contributed by atoms with Crippen LogP contribution in [0.25, 0.3) is 0 Å². The molecule has 0 aromatic heterocycles. The SMILES string of the molecule is CC(C)(C)C(=O)N(CCCCCCN1C[C@H](O)[C@@H](O)C(O)[C@H]1CO)C1CC1. The fraction of sp³-hybridized carbons (Fsp3) is 0.950. The number of carbonyl (C=O) groups excluding carboxylic acids is 1. The van der Waals surface area contributed by atoms with Crippen LogP contribution in [0.3, 0.4) is 0 Å². The number of likely N-dealkylation sites (tertiary alicyclic amines) is 1. The van der Waals surface area contributed by atoms with Crippen LogP contribution >= 0.6 is 0 Å². The predicted molar refractivity (Wildman–Crippen MR) is 103 cm³/mol. The highest BCUT2D eigenvalue weighted by Gasteiger charge is 2.40. The number of β-amino-alcohol motifs (C(OH)–C–C–N with tert-alkyl or cyclic N) is 1. The van der Waals surface area contributed by atoms with Gasteiger partial charge in [-0.15, -0.1) is 0 Å². The number of hydrogen-bond donors (Lipinski definition) is 4. The fourth-order valence-corrected chi connectivity index (χ4v) is 3.85. The Morgan fingerprint density at radius 1 is 1.04 bits per heavy atom. The van der Waals surface area contributed by atoms with Gasteiger partial charge in [-0.2, -0.15) is 0 Å². The van der Waals surface area contributed by atoms with Crippen LogP contribution in [0.5, 0.6) is 0 Å². The first kappa shape index (κ1) is 22.6. The fourth-order valence-electron chi connectivity index (χ4n) is 3.85. The van der Waals surface area contributed by atoms with E-state index in [0.717, 1.165) is 45.1 Å². The van der Waals surface area contributed by atoms with E-state index >= 15 is 0 Å². The van der Waals surface area contributed by atoms with Crippen molar-refractivity contribution in [2.75, 3.05) is 26.2 Å². The molecule has 0 aromatic rings. The Labute approximate surface area is 163 Å². The van der Waals surface area contributed by atoms with Crippen molar-refractivity contribution in [3.8, 4) is 0 Å². The van der Waals surface area contributed by atoms with Crippen LogP contribution in [-0.4, -0.2) is 92.8 Å². The smallest absolute Gasteiger partial charge is 0.228 e. The molecular formula is C20H38N2O5. The summed E-state index contributed by atoms with van der Waals surface area (Å²) >= 11 is 0. The molecule has 0 aromatic carbocycles. The third-order valence-corrected chi connectivity index (χ3v) is 5.70. The predicted octanol–water partition coefficient (Wildman–Crippen LogP) is 0.343. The van der Waals surface area contributed by atoms with Gasteiger partial charge in [-0.3, -0.25) is 9.69 Å². The zero-order chi connectivity index (χ0) is 20.2. The first-order valence-electron chi connectivity index (χ1n) is 10.4. The lowest BCUT2D eigenvalue weighted by atomic mass is 9.94. The molecule has 1 unspecified atom stereocenters. The molecule has 1 aliphatic carbocycles. The third-order valence-electron chi connectivity index (χ3n) is 5.70. The molecule has 1 amide bonds. The molecule has 0 radical (unpaired) electrons. The van der Waals surface area contributed by atoms with Gasteiger partial charge in [-0.1, -0.05) is 33.6 Å². The average Bonchev–Trinajstić information content (AvgIpc) is 3.43. The molecular weight excluding hydrogens is 348 g/mol. The minimum atomic E-state index is -1.20. The molecule has 4 N–H and O–H groups in total. The molecule has 7 heteroatoms. The minimum Gasteiger partial charge on any atom is -0.395 e. The lowest BCUT2D eigenvalue weighted by Crippen LogP contribution is -2.62. The maximum atomic E-state index is 12.6. The molecule has 1 aliphatic heterocycles. The highest BCUT2D eigenvalue weighted by molar-refractivity contribution is 5.82. The number of unbranched alkanes of at least 4 members (excludes halogenated alkanes) is 3. The van der Waals surface area contributed by atoms with Crippen molar-refractivity contribution in [2.45, 2.75) is 89.7 Å². The Morgan fingerprint density at radius 3 is 2.22 bits per heavy atom. The van der Waals surface area contributed by atoms with Crippen molar-refractivity contribution in [1.82, 2.24) is 9.80 Å². The van der Waals surface area contributed by atoms with E-state index in [0.29, 0.717) is 12.6 Å². The zero-order valence-corrected chi connectivity index (χ0v) is 17.0. The Balaban J connectivity index is 1.68. The van der Waals surface area contributed by atoms with Gasteiger partial charge in [-0.25, -0.2) is 0 Å². The summed E-state index contributed by atoms with van der Waals surface area (Å²) in [5.41, 5.74) is -0.331. The van der Waals surface area contributed by atoms with Crippen molar-refractivity contribution in [3.05, 3.63) is 0 Å². The molecule has 2 aliphatic rings. The molecule has 0 spiro atoms. The molecule has 158 valence electrons. The van der Waals surface area contributed by atoms with Gasteiger partial charge in [0.25, 0.3) is 0 Å². The number of aliphatic hydroxyl groups is 4. The number of carbonyl (C=O) groups is 1. The Kier molecular flexibility index (Phi) is 8.06. The summed E-state index contributed by atoms with van der Waals surface area (Å²) in [7, 11) is 0. The minimum absolute atomic E-state index is 0.240. The summed E-state index contributed by atoms with van der Waals surface area (Å²) in [5.74, 6) is 0.241. The maximum Gasteiger partial charge on any atom is 0.228 e. The molecule has 2 rings (SSSR count). The van der Waals surface area contributed by atoms with Gasteiger partial charge in [0, 0.05) is 24.5 Å². The van der Waals surface area contributed by atoms with Crippen LogP contribution in [0.2, 0.25) is 0 Å². The third kappa shape index (κ3) is 6.12. The van der Waals surface area contributed by atoms with Crippen molar-refractivity contribution in [3.63, 3.8) is 0 Å². The van der Waals surface area contributed by atoms with E-state index in [1.807, 2.05) is 25.7 Å². The van der Waals surface area contributed by atoms with Gasteiger partial charge in [-0.05, 0) is 32.2 Å². The second-order valence-corrected chi connectivity index (χ2v) is 9.19. The first-order chi connectivity index (χ1) is 12.7. The molecule has 7 nitrogen and oxygen atoms in total. The number of amides is 1. The number of hydrogen-bond acceptors (Lipinski definition) is 6. The summed E-state index contributed by atoms with van der Waals surface area (Å²) < 4.78 is 0. The van der Waals surface area contributed by atoms with Crippen LogP contribution in [0.15, 0.2) is 0 Å². The number of rotatable bonds is 9. The highest BCUT2D eigenvalue weighted by atomic mass is 16.4. The Bertz CT molecular complexity index is 477. The van der Waals surface area contributed by atoms with Gasteiger partial charge < -0.3 is 25.3 Å². The Morgan fingerprint density at radius 2 is 1.67 bits per heavy atom. The summed E-state index contributed by atoms with van der Waals surface area (Å²) in [6, 6.07) is -0.0945. The lowest BCUT2D eigenvalue weighted by Gasteiger charge is -2.43. The van der Waals surface area contributed by atoms with Crippen LogP contribution in [0.1, 0.15) is 59.3 Å². The van der Waals surface area contributed by atoms with Crippen LogP contribution in [-0.2, 0) is 4.79 Å². The van der Waals surface area contributed by atoms with Gasteiger partial charge >= 0.3 is 0 Å². The first-order valence-corrected chi connectivity index (χ1v) is 10.4. The van der Waals surface area contributed by atoms with Crippen LogP contribution in [0.4, 0.5) is 0 Å². The number of nitrogens with zero attached hydrogens (tertiary/aromatic N) is 2. The summed E-state index contributed by atoms with van der Waals surface area (Å²) in [5, 5.41) is 39.1. The summed E-state index contributed by atoms with van der Waals surface area (Å²) in [6.07, 6.45) is 2.80. The average molecular weight is 387 g/mol. The van der Waals surface area contributed by atoms with Crippen molar-refractivity contribution in [2.24, 2.45) is 5.41 Å². The molecule has 1 saturated carbocycles. The standard InChI is InChI=1S/C20H38N2O5/c1-20(2,3)19(27)22(14-8-9-14)11-7-5-4-6-10-21-12-16(24)18(26)17(25)15(21)13-23/h14-18,23-26H,4-13H2,1-3H3/t15-,16+,17?,18-/m1/s1. The lowest BCUT2D eigenvalue weighted by molar-refractivity contribution is -0.145. The van der Waals surface area contributed by atoms with Crippen LogP contribution < -0.4 is 0 Å². The molecule has 27 heavy (non-hydrogen) atoms. The monoisotopic (exact) mass is 386 g/mol. The topological polar surface area (TPSA) is 104 Å². The van der Waals surface area contributed by atoms with E-state index in [2.05, 4.69) is 4.90 Å². The highest BCUT2D eigenvalue weighted by Crippen LogP contribution is 2.31. The normalized spacial score (nSPS) is 29.7. The van der Waals surface area contributed by atoms with Gasteiger partial charge in [0.2, 0.25) is 5.91 Å². The Hall–Kier alpha value is -0.730. The number of aliphatic hydroxyl groups excluding tert-OH is 4. The van der Waals surface area contributed by atoms with Crippen molar-refractivity contribution in [1.29, 1.82) is 0 Å². The number of piperidine rings is 1. The second kappa shape index (κ2) is 9.65. The maximum absolute atomic E-state index is 12.6. The second-order valence-electron chi connectivity index (χ2n) is 9.19. The van der Waals surface area contributed by atoms with E-state index in [1.165, 1.54) is 0 Å². The molecule has 2 fully saturated rings. The summed E-state index contributed by atoms with van der Waals surface area (Å²) in [6.45, 7) is 7.42. The summed E-state index contributed by atoms with van der Waals surface area (Å²) in [4.78, 5) is 16.5. The molecule has 0 bridgehead atoms. The van der Waals surface area contributed by atoms with Gasteiger partial charge in [0.15, 0.2) is 0 Å². The van der Waals surface area contributed by atoms with Gasteiger partial charge in [0.05, 0.1) is 18.8 Å². The van der Waals surface area contributed by atoms with E-state index in [4.69, 9.17) is 0 Å². The molecule has 1 heterocycles. The molecule has 1 saturated heterocycles. The van der Waals surface area contributed by atoms with Gasteiger partial charge in [0.1, 0.15) is 12.2 Å². The van der Waals surface area contributed by atoms with Crippen molar-refractivity contribution >= 4 is 5.91 Å². The zero-order valence-electron chi connectivity index (χ0n) is 17.0. The largest absolute Gasteiger partial charge is 0.395 e. The van der Waals surface area contributed by atoms with E-state index in [-0.39, 0.29) is 24.5 Å². The van der Waals surface area contributed by atoms with E-state index in [9.17, 15) is 25.2 Å². The quantitative estimate of drug-likeness (QED) is 0.426. The van der Waals surface area contributed by atoms with E-state index < -0.39 is 24.4 Å². The van der Waals surface area contributed by atoms with Crippen LogP contribution in [0, 0.1) is 5.41 Å². The molecule has 4 atom stereocenters.